The Morgan fingerprint density at radius 3 is 2.68 bits per heavy atom. The fraction of sp³-hybridized carbons (Fsp3) is 0.412. The van der Waals surface area contributed by atoms with Crippen LogP contribution in [0.5, 0.6) is 0 Å². The molecule has 1 fully saturated rings. The topological polar surface area (TPSA) is 117 Å². The lowest BCUT2D eigenvalue weighted by Gasteiger charge is -2.35. The molecule has 2 aromatic rings. The van der Waals surface area contributed by atoms with E-state index in [1.165, 1.54) is 0 Å². The van der Waals surface area contributed by atoms with E-state index in [-0.39, 0.29) is 17.5 Å². The van der Waals surface area contributed by atoms with Gasteiger partial charge in [0.15, 0.2) is 11.5 Å². The Hall–Kier alpha value is -1.97. The maximum atomic E-state index is 12.5. The Bertz CT molecular complexity index is 889. The van der Waals surface area contributed by atoms with Crippen molar-refractivity contribution in [3.63, 3.8) is 0 Å². The normalized spacial score (nSPS) is 22.4. The van der Waals surface area contributed by atoms with Crippen LogP contribution in [0, 0.1) is 9.49 Å². The van der Waals surface area contributed by atoms with Crippen molar-refractivity contribution < 1.29 is 9.59 Å². The summed E-state index contributed by atoms with van der Waals surface area (Å²) in [7, 11) is 0. The molecule has 2 amide bonds. The Balaban J connectivity index is 2.00. The van der Waals surface area contributed by atoms with Gasteiger partial charge in [-0.3, -0.25) is 9.59 Å². The number of hydrogen-bond donors (Lipinski definition) is 2. The zero-order chi connectivity index (χ0) is 17.8. The summed E-state index contributed by atoms with van der Waals surface area (Å²) < 4.78 is 2.67. The number of aromatic nitrogens is 3. The van der Waals surface area contributed by atoms with Gasteiger partial charge in [-0.25, -0.2) is 9.67 Å². The SMILES string of the molecule is NC(=O)c1nn(-c2cc(I)ccn2)c2c1C(C(N)=O)(C1CC1)CCC2. The van der Waals surface area contributed by atoms with Gasteiger partial charge in [-0.15, -0.1) is 0 Å². The van der Waals surface area contributed by atoms with Gasteiger partial charge >= 0.3 is 0 Å². The van der Waals surface area contributed by atoms with Crippen molar-refractivity contribution in [3.05, 3.63) is 38.9 Å². The number of halogens is 1. The van der Waals surface area contributed by atoms with Crippen LogP contribution in [0.4, 0.5) is 0 Å². The van der Waals surface area contributed by atoms with Crippen molar-refractivity contribution in [3.8, 4) is 5.82 Å². The Kier molecular flexibility index (Phi) is 3.82. The largest absolute Gasteiger partial charge is 0.369 e. The number of fused-ring (bicyclic) bond motifs is 1. The summed E-state index contributed by atoms with van der Waals surface area (Å²) in [6.45, 7) is 0. The molecular weight excluding hydrogens is 433 g/mol. The van der Waals surface area contributed by atoms with E-state index >= 15 is 0 Å². The molecule has 25 heavy (non-hydrogen) atoms. The number of pyridine rings is 1. The quantitative estimate of drug-likeness (QED) is 0.685. The molecule has 0 radical (unpaired) electrons. The zero-order valence-corrected chi connectivity index (χ0v) is 15.7. The molecule has 8 heteroatoms. The second kappa shape index (κ2) is 5.79. The van der Waals surface area contributed by atoms with Crippen LogP contribution in [0.25, 0.3) is 5.82 Å². The van der Waals surface area contributed by atoms with Crippen LogP contribution < -0.4 is 11.5 Å². The summed E-state index contributed by atoms with van der Waals surface area (Å²) in [6.07, 6.45) is 5.75. The van der Waals surface area contributed by atoms with E-state index in [4.69, 9.17) is 11.5 Å². The number of nitrogens with zero attached hydrogens (tertiary/aromatic N) is 3. The van der Waals surface area contributed by atoms with E-state index in [1.807, 2.05) is 12.1 Å². The smallest absolute Gasteiger partial charge is 0.269 e. The first kappa shape index (κ1) is 16.5. The van der Waals surface area contributed by atoms with Crippen LogP contribution in [0.15, 0.2) is 18.3 Å². The molecule has 2 aliphatic carbocycles. The maximum absolute atomic E-state index is 12.5. The highest BCUT2D eigenvalue weighted by Gasteiger charge is 2.55. The van der Waals surface area contributed by atoms with Crippen molar-refractivity contribution >= 4 is 34.4 Å². The fourth-order valence-corrected chi connectivity index (χ4v) is 4.55. The van der Waals surface area contributed by atoms with Gasteiger partial charge in [0.2, 0.25) is 5.91 Å². The molecule has 130 valence electrons. The minimum absolute atomic E-state index is 0.154. The van der Waals surface area contributed by atoms with Gasteiger partial charge in [0.1, 0.15) is 0 Å². The minimum Gasteiger partial charge on any atom is -0.369 e. The first-order chi connectivity index (χ1) is 11.9. The monoisotopic (exact) mass is 451 g/mol. The highest BCUT2D eigenvalue weighted by molar-refractivity contribution is 14.1. The Morgan fingerprint density at radius 2 is 2.08 bits per heavy atom. The lowest BCUT2D eigenvalue weighted by molar-refractivity contribution is -0.125. The van der Waals surface area contributed by atoms with E-state index in [1.54, 1.807) is 10.9 Å². The first-order valence-electron chi connectivity index (χ1n) is 8.29. The minimum atomic E-state index is -0.835. The standard InChI is InChI=1S/C17H18IN5O2/c18-10-5-7-21-12(8-10)23-11-2-1-6-17(16(20)25,9-3-4-9)13(11)14(22-23)15(19)24/h5,7-9H,1-4,6H2,(H2,19,24)(H2,20,25). The molecule has 4 N–H and O–H groups in total. The third-order valence-electron chi connectivity index (χ3n) is 5.28. The van der Waals surface area contributed by atoms with Gasteiger partial charge in [-0.2, -0.15) is 5.10 Å². The van der Waals surface area contributed by atoms with Crippen molar-refractivity contribution in [2.45, 2.75) is 37.5 Å². The predicted molar refractivity (Wildman–Crippen MR) is 99.1 cm³/mol. The number of primary amides is 2. The number of carbonyl (C=O) groups excluding carboxylic acids is 2. The molecule has 0 saturated heterocycles. The molecule has 1 atom stereocenters. The summed E-state index contributed by atoms with van der Waals surface area (Å²) in [5, 5.41) is 4.46. The van der Waals surface area contributed by atoms with Gasteiger partial charge in [0.25, 0.3) is 5.91 Å². The average molecular weight is 451 g/mol. The Morgan fingerprint density at radius 1 is 1.32 bits per heavy atom. The van der Waals surface area contributed by atoms with E-state index in [2.05, 4.69) is 32.7 Å². The average Bonchev–Trinajstić information content (AvgIpc) is 3.34. The Labute approximate surface area is 158 Å². The van der Waals surface area contributed by atoms with E-state index in [0.717, 1.165) is 28.5 Å². The summed E-state index contributed by atoms with van der Waals surface area (Å²) in [6, 6.07) is 3.77. The van der Waals surface area contributed by atoms with Gasteiger partial charge in [0.05, 0.1) is 11.1 Å². The second-order valence-electron chi connectivity index (χ2n) is 6.74. The van der Waals surface area contributed by atoms with Crippen LogP contribution in [0.3, 0.4) is 0 Å². The lowest BCUT2D eigenvalue weighted by Crippen LogP contribution is -2.46. The molecule has 0 spiro atoms. The molecule has 2 heterocycles. The van der Waals surface area contributed by atoms with Crippen molar-refractivity contribution in [2.24, 2.45) is 17.4 Å². The number of rotatable bonds is 4. The van der Waals surface area contributed by atoms with Gasteiger partial charge in [0, 0.05) is 15.3 Å². The number of carbonyl (C=O) groups is 2. The maximum Gasteiger partial charge on any atom is 0.269 e. The highest BCUT2D eigenvalue weighted by Crippen LogP contribution is 2.54. The molecule has 2 aliphatic rings. The van der Waals surface area contributed by atoms with Gasteiger partial charge < -0.3 is 11.5 Å². The summed E-state index contributed by atoms with van der Waals surface area (Å²) >= 11 is 2.20. The fourth-order valence-electron chi connectivity index (χ4n) is 4.12. The molecule has 0 aliphatic heterocycles. The van der Waals surface area contributed by atoms with Gasteiger partial charge in [-0.05, 0) is 72.7 Å². The third kappa shape index (κ3) is 2.45. The highest BCUT2D eigenvalue weighted by atomic mass is 127. The van der Waals surface area contributed by atoms with E-state index in [0.29, 0.717) is 24.2 Å². The van der Waals surface area contributed by atoms with E-state index < -0.39 is 11.3 Å². The molecule has 7 nitrogen and oxygen atoms in total. The summed E-state index contributed by atoms with van der Waals surface area (Å²) in [4.78, 5) is 29.0. The van der Waals surface area contributed by atoms with Crippen LogP contribution in [0.1, 0.15) is 47.4 Å². The predicted octanol–water partition coefficient (Wildman–Crippen LogP) is 1.44. The van der Waals surface area contributed by atoms with Crippen LogP contribution in [-0.2, 0) is 16.6 Å². The third-order valence-corrected chi connectivity index (χ3v) is 5.95. The van der Waals surface area contributed by atoms with E-state index in [9.17, 15) is 9.59 Å². The first-order valence-corrected chi connectivity index (χ1v) is 9.37. The molecule has 0 aromatic carbocycles. The number of hydrogen-bond acceptors (Lipinski definition) is 4. The molecule has 0 bridgehead atoms. The molecular formula is C17H18IN5O2. The second-order valence-corrected chi connectivity index (χ2v) is 7.99. The molecule has 4 rings (SSSR count). The molecule has 2 aromatic heterocycles. The van der Waals surface area contributed by atoms with Gasteiger partial charge in [-0.1, -0.05) is 0 Å². The summed E-state index contributed by atoms with van der Waals surface area (Å²) in [5.41, 5.74) is 12.3. The van der Waals surface area contributed by atoms with Crippen LogP contribution >= 0.6 is 22.6 Å². The lowest BCUT2D eigenvalue weighted by atomic mass is 9.67. The molecule has 1 unspecified atom stereocenters. The zero-order valence-electron chi connectivity index (χ0n) is 13.5. The summed E-state index contributed by atoms with van der Waals surface area (Å²) in [5.74, 6) is -0.224. The number of nitrogens with two attached hydrogens (primary N) is 2. The van der Waals surface area contributed by atoms with Crippen molar-refractivity contribution in [1.29, 1.82) is 0 Å². The molecule has 1 saturated carbocycles. The van der Waals surface area contributed by atoms with Crippen LogP contribution in [-0.4, -0.2) is 26.6 Å². The van der Waals surface area contributed by atoms with Crippen LogP contribution in [0.2, 0.25) is 0 Å². The van der Waals surface area contributed by atoms with Crippen molar-refractivity contribution in [2.75, 3.05) is 0 Å². The van der Waals surface area contributed by atoms with Crippen molar-refractivity contribution in [1.82, 2.24) is 14.8 Å². The number of amides is 2.